The minimum absolute atomic E-state index is 0.0640. The van der Waals surface area contributed by atoms with Crippen LogP contribution in [0.2, 0.25) is 5.02 Å². The number of furan rings is 1. The molecule has 0 unspecified atom stereocenters. The monoisotopic (exact) mass is 440 g/mol. The molecular formula is C23H25ClN4O3. The SMILES string of the molecule is CC(C)N1CCC(C(=O)N(c2ccc(Cl)cn2)c2c(C(N)=O)oc3ccccc23)CC1. The van der Waals surface area contributed by atoms with E-state index >= 15 is 0 Å². The molecule has 2 N–H and O–H groups in total. The first-order chi connectivity index (χ1) is 14.9. The van der Waals surface area contributed by atoms with E-state index in [1.807, 2.05) is 6.07 Å². The van der Waals surface area contributed by atoms with Gasteiger partial charge in [-0.15, -0.1) is 0 Å². The molecule has 162 valence electrons. The average molecular weight is 441 g/mol. The predicted octanol–water partition coefficient (Wildman–Crippen LogP) is 4.37. The van der Waals surface area contributed by atoms with Crippen LogP contribution < -0.4 is 10.6 Å². The maximum absolute atomic E-state index is 13.8. The van der Waals surface area contributed by atoms with E-state index in [0.717, 1.165) is 25.9 Å². The van der Waals surface area contributed by atoms with Crippen molar-refractivity contribution in [3.05, 3.63) is 53.4 Å². The fourth-order valence-electron chi connectivity index (χ4n) is 4.10. The topological polar surface area (TPSA) is 92.7 Å². The molecule has 1 aliphatic rings. The summed E-state index contributed by atoms with van der Waals surface area (Å²) in [7, 11) is 0. The lowest BCUT2D eigenvalue weighted by Crippen LogP contribution is -2.43. The second-order valence-electron chi connectivity index (χ2n) is 8.05. The zero-order chi connectivity index (χ0) is 22.1. The van der Waals surface area contributed by atoms with Crippen LogP contribution in [0.3, 0.4) is 0 Å². The van der Waals surface area contributed by atoms with Crippen LogP contribution in [0.1, 0.15) is 37.2 Å². The average Bonchev–Trinajstić information content (AvgIpc) is 3.15. The normalized spacial score (nSPS) is 15.5. The van der Waals surface area contributed by atoms with E-state index in [9.17, 15) is 9.59 Å². The zero-order valence-electron chi connectivity index (χ0n) is 17.5. The van der Waals surface area contributed by atoms with Crippen molar-refractivity contribution < 1.29 is 14.0 Å². The van der Waals surface area contributed by atoms with Gasteiger partial charge in [0.05, 0.1) is 5.02 Å². The van der Waals surface area contributed by atoms with Crippen molar-refractivity contribution in [3.8, 4) is 0 Å². The zero-order valence-corrected chi connectivity index (χ0v) is 18.3. The van der Waals surface area contributed by atoms with Gasteiger partial charge in [-0.05, 0) is 64.0 Å². The molecule has 31 heavy (non-hydrogen) atoms. The molecule has 0 radical (unpaired) electrons. The summed E-state index contributed by atoms with van der Waals surface area (Å²) in [5, 5.41) is 1.08. The molecule has 4 rings (SSSR count). The number of hydrogen-bond donors (Lipinski definition) is 1. The van der Waals surface area contributed by atoms with Crippen molar-refractivity contribution in [1.29, 1.82) is 0 Å². The maximum Gasteiger partial charge on any atom is 0.286 e. The highest BCUT2D eigenvalue weighted by atomic mass is 35.5. The third-order valence-electron chi connectivity index (χ3n) is 5.79. The summed E-state index contributed by atoms with van der Waals surface area (Å²) < 4.78 is 5.74. The number of hydrogen-bond acceptors (Lipinski definition) is 5. The second-order valence-corrected chi connectivity index (χ2v) is 8.49. The molecule has 1 aliphatic heterocycles. The molecule has 0 bridgehead atoms. The first kappa shape index (κ1) is 21.3. The minimum Gasteiger partial charge on any atom is -0.449 e. The standard InChI is InChI=1S/C23H25ClN4O3/c1-14(2)27-11-9-15(10-12-27)23(30)28(19-8-7-16(24)13-26-19)20-17-5-3-4-6-18(17)31-21(20)22(25)29/h3-8,13-15H,9-12H2,1-2H3,(H2,25,29). The molecule has 0 atom stereocenters. The lowest BCUT2D eigenvalue weighted by Gasteiger charge is -2.35. The van der Waals surface area contributed by atoms with Crippen LogP contribution >= 0.6 is 11.6 Å². The van der Waals surface area contributed by atoms with E-state index in [1.54, 1.807) is 30.3 Å². The number of piperidine rings is 1. The van der Waals surface area contributed by atoms with Gasteiger partial charge in [-0.2, -0.15) is 0 Å². The number of pyridine rings is 1. The lowest BCUT2D eigenvalue weighted by atomic mass is 9.94. The smallest absolute Gasteiger partial charge is 0.286 e. The Hall–Kier alpha value is -2.90. The lowest BCUT2D eigenvalue weighted by molar-refractivity contribution is -0.123. The van der Waals surface area contributed by atoms with Crippen LogP contribution in [-0.4, -0.2) is 40.8 Å². The Balaban J connectivity index is 1.81. The molecule has 1 aromatic carbocycles. The summed E-state index contributed by atoms with van der Waals surface area (Å²) in [6, 6.07) is 10.9. The number of aromatic nitrogens is 1. The van der Waals surface area contributed by atoms with Crippen LogP contribution in [0.4, 0.5) is 11.5 Å². The number of primary amides is 1. The summed E-state index contributed by atoms with van der Waals surface area (Å²) in [5.74, 6) is -0.776. The van der Waals surface area contributed by atoms with Crippen LogP contribution in [-0.2, 0) is 4.79 Å². The van der Waals surface area contributed by atoms with Gasteiger partial charge in [0, 0.05) is 23.5 Å². The molecule has 3 heterocycles. The third-order valence-corrected chi connectivity index (χ3v) is 6.01. The van der Waals surface area contributed by atoms with Crippen molar-refractivity contribution in [1.82, 2.24) is 9.88 Å². The fourth-order valence-corrected chi connectivity index (χ4v) is 4.22. The summed E-state index contributed by atoms with van der Waals surface area (Å²) in [5.41, 5.74) is 6.44. The first-order valence-electron chi connectivity index (χ1n) is 10.4. The summed E-state index contributed by atoms with van der Waals surface area (Å²) in [6.07, 6.45) is 2.93. The molecule has 3 aromatic rings. The van der Waals surface area contributed by atoms with Gasteiger partial charge in [-0.1, -0.05) is 23.7 Å². The number of benzene rings is 1. The van der Waals surface area contributed by atoms with Gasteiger partial charge in [0.15, 0.2) is 0 Å². The van der Waals surface area contributed by atoms with E-state index in [0.29, 0.717) is 33.5 Å². The van der Waals surface area contributed by atoms with E-state index < -0.39 is 5.91 Å². The number of fused-ring (bicyclic) bond motifs is 1. The largest absolute Gasteiger partial charge is 0.449 e. The number of nitrogens with two attached hydrogens (primary N) is 1. The van der Waals surface area contributed by atoms with Crippen LogP contribution in [0.5, 0.6) is 0 Å². The molecule has 2 aromatic heterocycles. The number of nitrogens with zero attached hydrogens (tertiary/aromatic N) is 3. The molecular weight excluding hydrogens is 416 g/mol. The molecule has 8 heteroatoms. The van der Waals surface area contributed by atoms with Crippen molar-refractivity contribution in [2.75, 3.05) is 18.0 Å². The van der Waals surface area contributed by atoms with E-state index in [4.69, 9.17) is 21.8 Å². The van der Waals surface area contributed by atoms with Crippen LogP contribution in [0.25, 0.3) is 11.0 Å². The second kappa shape index (κ2) is 8.69. The fraction of sp³-hybridized carbons (Fsp3) is 0.348. The summed E-state index contributed by atoms with van der Waals surface area (Å²) in [6.45, 7) is 5.99. The highest BCUT2D eigenvalue weighted by molar-refractivity contribution is 6.30. The quantitative estimate of drug-likeness (QED) is 0.636. The number of rotatable bonds is 5. The molecule has 1 saturated heterocycles. The van der Waals surface area contributed by atoms with Crippen molar-refractivity contribution in [2.24, 2.45) is 11.7 Å². The Morgan fingerprint density at radius 3 is 2.52 bits per heavy atom. The molecule has 0 spiro atoms. The highest BCUT2D eigenvalue weighted by Crippen LogP contribution is 2.39. The van der Waals surface area contributed by atoms with E-state index in [2.05, 4.69) is 23.7 Å². The number of carbonyl (C=O) groups is 2. The number of halogens is 1. The Bertz CT molecular complexity index is 1100. The highest BCUT2D eigenvalue weighted by Gasteiger charge is 2.35. The van der Waals surface area contributed by atoms with Crippen LogP contribution in [0, 0.1) is 5.92 Å². The Morgan fingerprint density at radius 2 is 1.90 bits per heavy atom. The number of carbonyl (C=O) groups excluding carboxylic acids is 2. The van der Waals surface area contributed by atoms with Gasteiger partial charge in [-0.25, -0.2) is 4.98 Å². The summed E-state index contributed by atoms with van der Waals surface area (Å²) in [4.78, 5) is 34.3. The number of amides is 2. The summed E-state index contributed by atoms with van der Waals surface area (Å²) >= 11 is 6.03. The van der Waals surface area contributed by atoms with Gasteiger partial charge in [-0.3, -0.25) is 14.5 Å². The van der Waals surface area contributed by atoms with E-state index in [1.165, 1.54) is 11.1 Å². The number of likely N-dealkylation sites (tertiary alicyclic amines) is 1. The van der Waals surface area contributed by atoms with Gasteiger partial charge >= 0.3 is 0 Å². The van der Waals surface area contributed by atoms with E-state index in [-0.39, 0.29) is 17.6 Å². The van der Waals surface area contributed by atoms with Crippen molar-refractivity contribution >= 4 is 45.9 Å². The Kier molecular flexibility index (Phi) is 5.98. The number of anilines is 2. The molecule has 0 saturated carbocycles. The third kappa shape index (κ3) is 4.16. The molecule has 1 fully saturated rings. The molecule has 2 amide bonds. The van der Waals surface area contributed by atoms with Crippen molar-refractivity contribution in [3.63, 3.8) is 0 Å². The first-order valence-corrected chi connectivity index (χ1v) is 10.8. The van der Waals surface area contributed by atoms with Gasteiger partial charge in [0.2, 0.25) is 11.7 Å². The van der Waals surface area contributed by atoms with Crippen LogP contribution in [0.15, 0.2) is 47.0 Å². The number of para-hydroxylation sites is 1. The maximum atomic E-state index is 13.8. The Morgan fingerprint density at radius 1 is 1.19 bits per heavy atom. The minimum atomic E-state index is -0.743. The predicted molar refractivity (Wildman–Crippen MR) is 121 cm³/mol. The van der Waals surface area contributed by atoms with Crippen molar-refractivity contribution in [2.45, 2.75) is 32.7 Å². The van der Waals surface area contributed by atoms with Gasteiger partial charge in [0.25, 0.3) is 5.91 Å². The Labute approximate surface area is 185 Å². The van der Waals surface area contributed by atoms with Gasteiger partial charge in [0.1, 0.15) is 17.1 Å². The van der Waals surface area contributed by atoms with Gasteiger partial charge < -0.3 is 15.1 Å². The molecule has 7 nitrogen and oxygen atoms in total. The molecule has 0 aliphatic carbocycles.